The first-order chi connectivity index (χ1) is 6.90. The molecule has 1 aromatic rings. The van der Waals surface area contributed by atoms with E-state index in [2.05, 4.69) is 0 Å². The number of alkyl halides is 3. The first kappa shape index (κ1) is 12.0. The second-order valence-electron chi connectivity index (χ2n) is 3.10. The average Bonchev–Trinajstić information content (AvgIpc) is 2.64. The number of rotatable bonds is 3. The van der Waals surface area contributed by atoms with E-state index in [9.17, 15) is 18.0 Å². The Kier molecular flexibility index (Phi) is 3.73. The number of hydrogen-bond donors (Lipinski definition) is 0. The van der Waals surface area contributed by atoms with Crippen LogP contribution in [0.3, 0.4) is 0 Å². The van der Waals surface area contributed by atoms with E-state index < -0.39 is 12.6 Å². The molecule has 0 aliphatic heterocycles. The Bertz CT molecular complexity index is 321. The van der Waals surface area contributed by atoms with Gasteiger partial charge in [-0.25, -0.2) is 0 Å². The van der Waals surface area contributed by atoms with Crippen LogP contribution in [0.15, 0.2) is 16.8 Å². The summed E-state index contributed by atoms with van der Waals surface area (Å²) in [6.45, 7) is -0.307. The maximum atomic E-state index is 11.9. The van der Waals surface area contributed by atoms with E-state index in [1.807, 2.05) is 0 Å². The van der Waals surface area contributed by atoms with Gasteiger partial charge in [0.15, 0.2) is 0 Å². The van der Waals surface area contributed by atoms with Gasteiger partial charge in [0.25, 0.3) is 5.91 Å². The van der Waals surface area contributed by atoms with Crippen LogP contribution in [0.1, 0.15) is 16.8 Å². The molecule has 1 aromatic heterocycles. The molecule has 0 aromatic carbocycles. The highest BCUT2D eigenvalue weighted by molar-refractivity contribution is 7.08. The van der Waals surface area contributed by atoms with Gasteiger partial charge in [-0.2, -0.15) is 24.5 Å². The van der Waals surface area contributed by atoms with E-state index in [4.69, 9.17) is 0 Å². The molecule has 0 spiro atoms. The van der Waals surface area contributed by atoms with Gasteiger partial charge < -0.3 is 4.90 Å². The van der Waals surface area contributed by atoms with Crippen LogP contribution >= 0.6 is 11.3 Å². The number of halogens is 3. The molecule has 0 unspecified atom stereocenters. The molecule has 0 aliphatic carbocycles. The summed E-state index contributed by atoms with van der Waals surface area (Å²) in [4.78, 5) is 12.6. The monoisotopic (exact) mass is 237 g/mol. The minimum Gasteiger partial charge on any atom is -0.341 e. The highest BCUT2D eigenvalue weighted by Crippen LogP contribution is 2.20. The first-order valence-electron chi connectivity index (χ1n) is 4.24. The normalized spacial score (nSPS) is 11.5. The highest BCUT2D eigenvalue weighted by atomic mass is 32.1. The Morgan fingerprint density at radius 3 is 2.67 bits per heavy atom. The Labute approximate surface area is 89.3 Å². The molecule has 0 atom stereocenters. The van der Waals surface area contributed by atoms with Crippen molar-refractivity contribution in [1.29, 1.82) is 0 Å². The van der Waals surface area contributed by atoms with Crippen LogP contribution in [-0.2, 0) is 0 Å². The Morgan fingerprint density at radius 2 is 2.20 bits per heavy atom. The van der Waals surface area contributed by atoms with E-state index >= 15 is 0 Å². The molecule has 2 nitrogen and oxygen atoms in total. The van der Waals surface area contributed by atoms with Gasteiger partial charge in [-0.3, -0.25) is 4.79 Å². The van der Waals surface area contributed by atoms with E-state index in [1.165, 1.54) is 18.4 Å². The molecule has 6 heteroatoms. The van der Waals surface area contributed by atoms with Gasteiger partial charge in [-0.1, -0.05) is 0 Å². The van der Waals surface area contributed by atoms with E-state index in [0.717, 1.165) is 4.90 Å². The van der Waals surface area contributed by atoms with Gasteiger partial charge in [0, 0.05) is 19.0 Å². The summed E-state index contributed by atoms with van der Waals surface area (Å²) in [7, 11) is 1.37. The lowest BCUT2D eigenvalue weighted by Crippen LogP contribution is -2.30. The van der Waals surface area contributed by atoms with E-state index in [-0.39, 0.29) is 12.5 Å². The molecule has 0 fully saturated rings. The van der Waals surface area contributed by atoms with Crippen molar-refractivity contribution in [2.75, 3.05) is 13.6 Å². The lowest BCUT2D eigenvalue weighted by molar-refractivity contribution is -0.136. The second kappa shape index (κ2) is 4.65. The molecular weight excluding hydrogens is 227 g/mol. The molecule has 84 valence electrons. The molecule has 15 heavy (non-hydrogen) atoms. The minimum atomic E-state index is -4.22. The smallest absolute Gasteiger partial charge is 0.341 e. The molecule has 0 radical (unpaired) electrons. The van der Waals surface area contributed by atoms with Gasteiger partial charge >= 0.3 is 6.18 Å². The number of nitrogens with zero attached hydrogens (tertiary/aromatic N) is 1. The lowest BCUT2D eigenvalue weighted by Gasteiger charge is -2.17. The summed E-state index contributed by atoms with van der Waals surface area (Å²) < 4.78 is 35.7. The molecule has 0 bridgehead atoms. The van der Waals surface area contributed by atoms with Gasteiger partial charge in [-0.05, 0) is 11.4 Å². The van der Waals surface area contributed by atoms with Crippen molar-refractivity contribution in [2.45, 2.75) is 12.6 Å². The van der Waals surface area contributed by atoms with Crippen molar-refractivity contribution in [3.05, 3.63) is 22.4 Å². The van der Waals surface area contributed by atoms with Gasteiger partial charge in [0.2, 0.25) is 0 Å². The van der Waals surface area contributed by atoms with Crippen molar-refractivity contribution in [3.8, 4) is 0 Å². The predicted octanol–water partition coefficient (Wildman–Crippen LogP) is 2.77. The summed E-state index contributed by atoms with van der Waals surface area (Å²) in [5.41, 5.74) is 0.435. The summed E-state index contributed by atoms with van der Waals surface area (Å²) in [5, 5.41) is 3.33. The third-order valence-electron chi connectivity index (χ3n) is 1.85. The highest BCUT2D eigenvalue weighted by Gasteiger charge is 2.28. The number of carbonyl (C=O) groups is 1. The van der Waals surface area contributed by atoms with Crippen molar-refractivity contribution >= 4 is 17.2 Å². The third-order valence-corrected chi connectivity index (χ3v) is 2.53. The van der Waals surface area contributed by atoms with E-state index in [1.54, 1.807) is 16.8 Å². The number of amides is 1. The topological polar surface area (TPSA) is 20.3 Å². The van der Waals surface area contributed by atoms with Crippen LogP contribution in [-0.4, -0.2) is 30.6 Å². The molecule has 1 heterocycles. The van der Waals surface area contributed by atoms with Crippen LogP contribution in [0.2, 0.25) is 0 Å². The van der Waals surface area contributed by atoms with Crippen molar-refractivity contribution in [2.24, 2.45) is 0 Å². The molecule has 0 aliphatic rings. The zero-order chi connectivity index (χ0) is 11.5. The quantitative estimate of drug-likeness (QED) is 0.791. The van der Waals surface area contributed by atoms with Crippen LogP contribution in [0.5, 0.6) is 0 Å². The number of hydrogen-bond acceptors (Lipinski definition) is 2. The molecule has 1 amide bonds. The van der Waals surface area contributed by atoms with Gasteiger partial charge in [0.1, 0.15) is 0 Å². The molecule has 0 saturated carbocycles. The van der Waals surface area contributed by atoms with Crippen LogP contribution in [0.25, 0.3) is 0 Å². The van der Waals surface area contributed by atoms with Crippen LogP contribution in [0.4, 0.5) is 13.2 Å². The van der Waals surface area contributed by atoms with Crippen molar-refractivity contribution < 1.29 is 18.0 Å². The number of thiophene rings is 1. The standard InChI is InChI=1S/C9H10F3NOS/c1-13(4-3-9(10,11)12)8(14)7-2-5-15-6-7/h2,5-6H,3-4H2,1H3. The van der Waals surface area contributed by atoms with Gasteiger partial charge in [-0.15, -0.1) is 0 Å². The SMILES string of the molecule is CN(CCC(F)(F)F)C(=O)c1ccsc1. The van der Waals surface area contributed by atoms with Crippen molar-refractivity contribution in [3.63, 3.8) is 0 Å². The maximum Gasteiger partial charge on any atom is 0.390 e. The Balaban J connectivity index is 2.48. The predicted molar refractivity (Wildman–Crippen MR) is 52.0 cm³/mol. The van der Waals surface area contributed by atoms with Crippen LogP contribution < -0.4 is 0 Å². The largest absolute Gasteiger partial charge is 0.390 e. The summed E-state index contributed by atoms with van der Waals surface area (Å²) in [6.07, 6.45) is -5.19. The Morgan fingerprint density at radius 1 is 1.53 bits per heavy atom. The Hall–Kier alpha value is -1.04. The zero-order valence-electron chi connectivity index (χ0n) is 8.04. The molecule has 1 rings (SSSR count). The average molecular weight is 237 g/mol. The van der Waals surface area contributed by atoms with Crippen molar-refractivity contribution in [1.82, 2.24) is 4.90 Å². The summed E-state index contributed by atoms with van der Waals surface area (Å²) in [5.74, 6) is -0.375. The lowest BCUT2D eigenvalue weighted by atomic mass is 10.3. The van der Waals surface area contributed by atoms with Crippen LogP contribution in [0, 0.1) is 0 Å². The third kappa shape index (κ3) is 3.91. The van der Waals surface area contributed by atoms with E-state index in [0.29, 0.717) is 5.56 Å². The molecule has 0 N–H and O–H groups in total. The minimum absolute atomic E-state index is 0.307. The maximum absolute atomic E-state index is 11.9. The fraction of sp³-hybridized carbons (Fsp3) is 0.444. The second-order valence-corrected chi connectivity index (χ2v) is 3.88. The fourth-order valence-corrected chi connectivity index (χ4v) is 1.63. The fourth-order valence-electron chi connectivity index (χ4n) is 1.00. The molecular formula is C9H10F3NOS. The summed E-state index contributed by atoms with van der Waals surface area (Å²) in [6, 6.07) is 1.59. The summed E-state index contributed by atoms with van der Waals surface area (Å²) >= 11 is 1.34. The first-order valence-corrected chi connectivity index (χ1v) is 5.19. The number of carbonyl (C=O) groups excluding carboxylic acids is 1. The molecule has 0 saturated heterocycles. The zero-order valence-corrected chi connectivity index (χ0v) is 8.86. The van der Waals surface area contributed by atoms with Gasteiger partial charge in [0.05, 0.1) is 12.0 Å².